The molecule has 0 aromatic carbocycles. The monoisotopic (exact) mass is 268 g/mol. The van der Waals surface area contributed by atoms with E-state index in [0.29, 0.717) is 12.5 Å². The number of rotatable bonds is 9. The average molecular weight is 268 g/mol. The molecular weight excluding hydrogens is 240 g/mol. The lowest BCUT2D eigenvalue weighted by atomic mass is 10.0. The summed E-state index contributed by atoms with van der Waals surface area (Å²) in [5, 5.41) is 11.8. The molecule has 0 aliphatic heterocycles. The number of nitrogens with one attached hydrogen (secondary N) is 1. The number of hydrogen-bond acceptors (Lipinski definition) is 4. The van der Waals surface area contributed by atoms with Crippen LogP contribution in [0.3, 0.4) is 0 Å². The van der Waals surface area contributed by atoms with Crippen molar-refractivity contribution in [2.75, 3.05) is 20.8 Å². The van der Waals surface area contributed by atoms with Gasteiger partial charge in [-0.2, -0.15) is 0 Å². The van der Waals surface area contributed by atoms with Crippen molar-refractivity contribution in [3.05, 3.63) is 11.4 Å². The van der Waals surface area contributed by atoms with Crippen LogP contribution in [0, 0.1) is 5.92 Å². The third-order valence-electron chi connectivity index (χ3n) is 3.35. The standard InChI is InChI=1S/C14H28N4O/c1-6-12(10-19-5)18-14(8-7-11(2)3)13(9-15-4)16-17-18/h11-12,15H,6-10H2,1-5H3. The molecule has 1 unspecified atom stereocenters. The summed E-state index contributed by atoms with van der Waals surface area (Å²) in [4.78, 5) is 0. The van der Waals surface area contributed by atoms with E-state index < -0.39 is 0 Å². The molecule has 1 heterocycles. The Bertz CT molecular complexity index is 362. The van der Waals surface area contributed by atoms with Gasteiger partial charge in [-0.15, -0.1) is 5.10 Å². The van der Waals surface area contributed by atoms with Crippen LogP contribution in [0.2, 0.25) is 0 Å². The van der Waals surface area contributed by atoms with Crippen LogP contribution in [0.1, 0.15) is 51.0 Å². The molecule has 0 saturated heterocycles. The number of hydrogen-bond donors (Lipinski definition) is 1. The summed E-state index contributed by atoms with van der Waals surface area (Å²) < 4.78 is 7.36. The maximum atomic E-state index is 5.29. The van der Waals surface area contributed by atoms with E-state index in [4.69, 9.17) is 4.74 Å². The molecule has 0 saturated carbocycles. The molecule has 5 nitrogen and oxygen atoms in total. The second-order valence-electron chi connectivity index (χ2n) is 5.41. The molecule has 5 heteroatoms. The van der Waals surface area contributed by atoms with E-state index in [1.807, 2.05) is 7.05 Å². The molecule has 0 fully saturated rings. The van der Waals surface area contributed by atoms with Crippen LogP contribution < -0.4 is 5.32 Å². The predicted octanol–water partition coefficient (Wildman–Crippen LogP) is 2.18. The lowest BCUT2D eigenvalue weighted by Crippen LogP contribution is -2.19. The van der Waals surface area contributed by atoms with E-state index in [2.05, 4.69) is 41.1 Å². The zero-order valence-corrected chi connectivity index (χ0v) is 12.9. The van der Waals surface area contributed by atoms with Crippen molar-refractivity contribution in [1.29, 1.82) is 0 Å². The Kier molecular flexibility index (Phi) is 7.02. The van der Waals surface area contributed by atoms with E-state index in [-0.39, 0.29) is 6.04 Å². The van der Waals surface area contributed by atoms with E-state index >= 15 is 0 Å². The Hall–Kier alpha value is -0.940. The van der Waals surface area contributed by atoms with Gasteiger partial charge in [-0.25, -0.2) is 4.68 Å². The van der Waals surface area contributed by atoms with Gasteiger partial charge in [0.1, 0.15) is 0 Å². The van der Waals surface area contributed by atoms with Crippen molar-refractivity contribution in [3.8, 4) is 0 Å². The van der Waals surface area contributed by atoms with Crippen LogP contribution in [0.25, 0.3) is 0 Å². The summed E-state index contributed by atoms with van der Waals surface area (Å²) in [7, 11) is 3.68. The normalized spacial score (nSPS) is 13.2. The summed E-state index contributed by atoms with van der Waals surface area (Å²) >= 11 is 0. The van der Waals surface area contributed by atoms with E-state index in [9.17, 15) is 0 Å². The summed E-state index contributed by atoms with van der Waals surface area (Å²) in [5.74, 6) is 0.688. The van der Waals surface area contributed by atoms with Gasteiger partial charge < -0.3 is 10.1 Å². The maximum absolute atomic E-state index is 5.29. The number of methoxy groups -OCH3 is 1. The quantitative estimate of drug-likeness (QED) is 0.746. The molecule has 0 amide bonds. The van der Waals surface area contributed by atoms with Gasteiger partial charge in [-0.3, -0.25) is 0 Å². The van der Waals surface area contributed by atoms with Crippen LogP contribution in [-0.2, 0) is 17.7 Å². The van der Waals surface area contributed by atoms with Crippen molar-refractivity contribution in [3.63, 3.8) is 0 Å². The number of nitrogens with zero attached hydrogens (tertiary/aromatic N) is 3. The lowest BCUT2D eigenvalue weighted by molar-refractivity contribution is 0.144. The van der Waals surface area contributed by atoms with Crippen LogP contribution in [0.4, 0.5) is 0 Å². The fraction of sp³-hybridized carbons (Fsp3) is 0.857. The molecule has 1 rings (SSSR count). The van der Waals surface area contributed by atoms with Crippen molar-refractivity contribution < 1.29 is 4.74 Å². The highest BCUT2D eigenvalue weighted by Gasteiger charge is 2.18. The van der Waals surface area contributed by atoms with Gasteiger partial charge in [0.05, 0.1) is 24.0 Å². The first kappa shape index (κ1) is 16.1. The molecule has 1 aromatic heterocycles. The Morgan fingerprint density at radius 2 is 2.11 bits per heavy atom. The minimum Gasteiger partial charge on any atom is -0.382 e. The Labute approximate surface area is 116 Å². The fourth-order valence-electron chi connectivity index (χ4n) is 2.18. The van der Waals surface area contributed by atoms with Crippen molar-refractivity contribution in [2.24, 2.45) is 5.92 Å². The first-order valence-corrected chi connectivity index (χ1v) is 7.20. The van der Waals surface area contributed by atoms with Crippen molar-refractivity contribution in [1.82, 2.24) is 20.3 Å². The van der Waals surface area contributed by atoms with Crippen LogP contribution >= 0.6 is 0 Å². The van der Waals surface area contributed by atoms with Crippen LogP contribution in [0.5, 0.6) is 0 Å². The third kappa shape index (κ3) is 4.58. The highest BCUT2D eigenvalue weighted by atomic mass is 16.5. The van der Waals surface area contributed by atoms with E-state index in [1.54, 1.807) is 7.11 Å². The maximum Gasteiger partial charge on any atom is 0.0996 e. The van der Waals surface area contributed by atoms with Gasteiger partial charge in [0.2, 0.25) is 0 Å². The molecule has 1 atom stereocenters. The number of aromatic nitrogens is 3. The minimum absolute atomic E-state index is 0.283. The first-order chi connectivity index (χ1) is 9.13. The molecule has 0 spiro atoms. The highest BCUT2D eigenvalue weighted by molar-refractivity contribution is 5.11. The zero-order chi connectivity index (χ0) is 14.3. The molecule has 0 aliphatic rings. The minimum atomic E-state index is 0.283. The molecule has 110 valence electrons. The van der Waals surface area contributed by atoms with Gasteiger partial charge in [-0.05, 0) is 32.2 Å². The predicted molar refractivity (Wildman–Crippen MR) is 77.1 cm³/mol. The summed E-state index contributed by atoms with van der Waals surface area (Å²) in [6.45, 7) is 8.12. The van der Waals surface area contributed by atoms with Gasteiger partial charge >= 0.3 is 0 Å². The molecule has 0 bridgehead atoms. The van der Waals surface area contributed by atoms with E-state index in [1.165, 1.54) is 5.69 Å². The van der Waals surface area contributed by atoms with Crippen LogP contribution in [-0.4, -0.2) is 35.8 Å². The summed E-state index contributed by atoms with van der Waals surface area (Å²) in [5.41, 5.74) is 2.32. The first-order valence-electron chi connectivity index (χ1n) is 7.20. The second kappa shape index (κ2) is 8.27. The largest absolute Gasteiger partial charge is 0.382 e. The van der Waals surface area contributed by atoms with Gasteiger partial charge in [0.25, 0.3) is 0 Å². The number of ether oxygens (including phenoxy) is 1. The summed E-state index contributed by atoms with van der Waals surface area (Å²) in [6.07, 6.45) is 3.19. The summed E-state index contributed by atoms with van der Waals surface area (Å²) in [6, 6.07) is 0.283. The van der Waals surface area contributed by atoms with Crippen LogP contribution in [0.15, 0.2) is 0 Å². The molecule has 0 aliphatic carbocycles. The molecular formula is C14H28N4O. The molecule has 1 N–H and O–H groups in total. The van der Waals surface area contributed by atoms with Gasteiger partial charge in [0.15, 0.2) is 0 Å². The molecule has 0 radical (unpaired) electrons. The van der Waals surface area contributed by atoms with Gasteiger partial charge in [-0.1, -0.05) is 26.0 Å². The SMILES string of the molecule is CCC(COC)n1nnc(CNC)c1CCC(C)C. The zero-order valence-electron chi connectivity index (χ0n) is 12.9. The topological polar surface area (TPSA) is 52.0 Å². The molecule has 19 heavy (non-hydrogen) atoms. The lowest BCUT2D eigenvalue weighted by Gasteiger charge is -2.17. The Balaban J connectivity index is 2.94. The third-order valence-corrected chi connectivity index (χ3v) is 3.35. The highest BCUT2D eigenvalue weighted by Crippen LogP contribution is 2.19. The second-order valence-corrected chi connectivity index (χ2v) is 5.41. The Morgan fingerprint density at radius 1 is 1.37 bits per heavy atom. The fourth-order valence-corrected chi connectivity index (χ4v) is 2.18. The van der Waals surface area contributed by atoms with Gasteiger partial charge in [0, 0.05) is 13.7 Å². The van der Waals surface area contributed by atoms with Crippen molar-refractivity contribution >= 4 is 0 Å². The molecule has 1 aromatic rings. The Morgan fingerprint density at radius 3 is 2.63 bits per heavy atom. The van der Waals surface area contributed by atoms with E-state index in [0.717, 1.165) is 31.5 Å². The van der Waals surface area contributed by atoms with Crippen molar-refractivity contribution in [2.45, 2.75) is 52.6 Å². The smallest absolute Gasteiger partial charge is 0.0996 e. The average Bonchev–Trinajstić information content (AvgIpc) is 2.77.